The molecule has 10 aliphatic heterocycles. The fourth-order valence-corrected chi connectivity index (χ4v) is 24.2. The van der Waals surface area contributed by atoms with Crippen LogP contribution in [0.15, 0.2) is 467 Å². The molecule has 0 amide bonds. The third kappa shape index (κ3) is 11.5. The van der Waals surface area contributed by atoms with Crippen LogP contribution in [-0.4, -0.2) is 34.2 Å². The van der Waals surface area contributed by atoms with Gasteiger partial charge in [-0.2, -0.15) is 0 Å². The summed E-state index contributed by atoms with van der Waals surface area (Å²) in [5.74, 6) is 2.34. The molecule has 10 heteroatoms. The van der Waals surface area contributed by atoms with Crippen molar-refractivity contribution >= 4 is 223 Å². The van der Waals surface area contributed by atoms with E-state index in [4.69, 9.17) is 0 Å². The highest BCUT2D eigenvalue weighted by molar-refractivity contribution is 6.95. The van der Waals surface area contributed by atoms with Gasteiger partial charge in [-0.15, -0.1) is 0 Å². The Hall–Kier alpha value is -16.8. The van der Waals surface area contributed by atoms with Crippen LogP contribution in [0.5, 0.6) is 0 Å². The average molecular weight is 1690 g/mol. The molecule has 0 spiro atoms. The van der Waals surface area contributed by atoms with Gasteiger partial charge in [0.1, 0.15) is 0 Å². The van der Waals surface area contributed by atoms with Crippen LogP contribution >= 0.6 is 0 Å². The summed E-state index contributed by atoms with van der Waals surface area (Å²) in [4.78, 5) is 12.5. The van der Waals surface area contributed by atoms with Crippen molar-refractivity contribution in [3.63, 3.8) is 0 Å². The smallest absolute Gasteiger partial charge is 0.329 e. The Morgan fingerprint density at radius 2 is 0.552 bits per heavy atom. The first-order valence-corrected chi connectivity index (χ1v) is 46.9. The van der Waals surface area contributed by atoms with Crippen LogP contribution in [0.3, 0.4) is 0 Å². The van der Waals surface area contributed by atoms with Gasteiger partial charge in [-0.05, 0) is 226 Å². The number of hydrogen-bond acceptors (Lipinski definition) is 5. The summed E-state index contributed by atoms with van der Waals surface area (Å²) in [5, 5.41) is 18.7. The second-order valence-corrected chi connectivity index (χ2v) is 36.6. The molecule has 0 N–H and O–H groups in total. The molecule has 22 aromatic carbocycles. The van der Waals surface area contributed by atoms with Gasteiger partial charge in [-0.25, -0.2) is 0 Å². The Kier molecular flexibility index (Phi) is 17.3. The van der Waals surface area contributed by atoms with Crippen LogP contribution in [0.4, 0.5) is 45.5 Å². The van der Waals surface area contributed by atoms with Gasteiger partial charge in [-0.1, -0.05) is 412 Å². The monoisotopic (exact) mass is 1690 g/mol. The topological polar surface area (TPSA) is 16.2 Å². The van der Waals surface area contributed by atoms with Gasteiger partial charge < -0.3 is 24.1 Å². The number of para-hydroxylation sites is 4. The Morgan fingerprint density at radius 3 is 1.17 bits per heavy atom. The third-order valence-electron chi connectivity index (χ3n) is 29.8. The molecule has 5 nitrogen and oxygen atoms in total. The standard InChI is InChI=1S/2C28H18BN.C24H16BN.2C22H14BN/c1-2-10-20-18-28-24(17-19(20)9-1)22-12-4-7-15-26(22)29-25-14-6-3-11-21(25)23-13-5-8-16-27(23)30(28)29;1-2-10-20-19(9-1)17-18-24-22-12-4-7-15-26(22)29-25-14-6-3-11-21(25)23-13-5-8-16-27(23)30(29)28(20)24;1-3-9-19-17(7-1)13-14-22-24(19)20-10-4-6-12-23(20)26-16-15-18-8-2-5-11-21(18)25(22)26;1-2-9-19-15(5-1)13-14-23-18-8-3-6-16-11-12-17-7-4-10-20(24(19)23)22(17)21(16)18;1-2-8-18-15(5-1)13-14-24-20-10-4-7-17-12-11-16-6-3-9-19(23(18)24)21(16)22(17)20/h2*1-18H;1-16H;2*1-14H. The Morgan fingerprint density at radius 1 is 0.172 bits per heavy atom. The number of nitrogens with zero attached hydrogens (tertiary/aromatic N) is 5. The van der Waals surface area contributed by atoms with Gasteiger partial charge >= 0.3 is 34.2 Å². The van der Waals surface area contributed by atoms with E-state index in [9.17, 15) is 0 Å². The van der Waals surface area contributed by atoms with E-state index in [0.717, 1.165) is 0 Å². The molecule has 0 unspecified atom stereocenters. The summed E-state index contributed by atoms with van der Waals surface area (Å²) in [5.41, 5.74) is 40.1. The third-order valence-corrected chi connectivity index (χ3v) is 29.8. The molecular formula is C124H80B5N5. The molecular weight excluding hydrogens is 1610 g/mol. The van der Waals surface area contributed by atoms with Crippen LogP contribution in [0.1, 0.15) is 16.7 Å². The molecule has 0 aliphatic carbocycles. The first-order chi connectivity index (χ1) is 66.6. The molecule has 0 atom stereocenters. The molecule has 22 aromatic rings. The zero-order valence-corrected chi connectivity index (χ0v) is 73.3. The van der Waals surface area contributed by atoms with Gasteiger partial charge in [0, 0.05) is 89.5 Å². The molecule has 32 rings (SSSR count). The lowest BCUT2D eigenvalue weighted by Gasteiger charge is -2.43. The molecule has 0 saturated carbocycles. The molecule has 10 aliphatic rings. The van der Waals surface area contributed by atoms with Crippen molar-refractivity contribution in [2.75, 3.05) is 24.1 Å². The maximum atomic E-state index is 2.58. The van der Waals surface area contributed by atoms with Crippen LogP contribution in [0, 0.1) is 0 Å². The van der Waals surface area contributed by atoms with Gasteiger partial charge in [0.05, 0.1) is 0 Å². The van der Waals surface area contributed by atoms with Crippen molar-refractivity contribution in [2.45, 2.75) is 0 Å². The summed E-state index contributed by atoms with van der Waals surface area (Å²) in [7, 11) is 0. The minimum Gasteiger partial charge on any atom is -0.383 e. The molecule has 0 fully saturated rings. The lowest BCUT2D eigenvalue weighted by Crippen LogP contribution is -2.59. The van der Waals surface area contributed by atoms with Crippen molar-refractivity contribution in [1.29, 1.82) is 0 Å². The first kappa shape index (κ1) is 76.1. The highest BCUT2D eigenvalue weighted by atomic mass is 15.1. The van der Waals surface area contributed by atoms with E-state index in [1.807, 2.05) is 0 Å². The van der Waals surface area contributed by atoms with Crippen LogP contribution in [0.2, 0.25) is 0 Å². The van der Waals surface area contributed by atoms with Crippen molar-refractivity contribution in [3.05, 3.63) is 484 Å². The second-order valence-electron chi connectivity index (χ2n) is 36.6. The quantitative estimate of drug-likeness (QED) is 0.111. The summed E-state index contributed by atoms with van der Waals surface area (Å²) in [6.07, 6.45) is 11.2. The second kappa shape index (κ2) is 30.4. The van der Waals surface area contributed by atoms with Crippen molar-refractivity contribution in [2.24, 2.45) is 0 Å². The van der Waals surface area contributed by atoms with E-state index in [1.165, 1.54) is 242 Å². The highest BCUT2D eigenvalue weighted by Crippen LogP contribution is 2.52. The molecule has 0 radical (unpaired) electrons. The van der Waals surface area contributed by atoms with Crippen molar-refractivity contribution in [3.8, 4) is 55.6 Å². The molecule has 0 saturated heterocycles. The van der Waals surface area contributed by atoms with Crippen LogP contribution in [-0.2, 0) is 0 Å². The number of benzene rings is 22. The number of rotatable bonds is 0. The number of anilines is 8. The lowest BCUT2D eigenvalue weighted by atomic mass is 9.43. The molecule has 0 bridgehead atoms. The van der Waals surface area contributed by atoms with E-state index in [2.05, 4.69) is 510 Å². The highest BCUT2D eigenvalue weighted by Gasteiger charge is 2.46. The molecule has 616 valence electrons. The summed E-state index contributed by atoms with van der Waals surface area (Å²) >= 11 is 0. The van der Waals surface area contributed by atoms with Crippen LogP contribution < -0.4 is 73.2 Å². The summed E-state index contributed by atoms with van der Waals surface area (Å²) in [6, 6.07) is 164. The van der Waals surface area contributed by atoms with E-state index in [0.29, 0.717) is 0 Å². The summed E-state index contributed by atoms with van der Waals surface area (Å²) in [6.45, 7) is 1.11. The predicted octanol–water partition coefficient (Wildman–Crippen LogP) is 24.7. The molecule has 0 aromatic heterocycles. The summed E-state index contributed by atoms with van der Waals surface area (Å²) < 4.78 is 0. The zero-order chi connectivity index (χ0) is 87.7. The Labute approximate surface area is 780 Å². The normalized spacial score (nSPS) is 13.7. The zero-order valence-electron chi connectivity index (χ0n) is 73.3. The van der Waals surface area contributed by atoms with Gasteiger partial charge in [-0.3, -0.25) is 0 Å². The van der Waals surface area contributed by atoms with Crippen LogP contribution in [0.25, 0.3) is 149 Å². The van der Waals surface area contributed by atoms with Gasteiger partial charge in [0.15, 0.2) is 0 Å². The minimum absolute atomic E-state index is 0.172. The molecule has 134 heavy (non-hydrogen) atoms. The predicted molar refractivity (Wildman–Crippen MR) is 578 cm³/mol. The molecule has 10 heterocycles. The first-order valence-electron chi connectivity index (χ1n) is 46.9. The van der Waals surface area contributed by atoms with E-state index in [-0.39, 0.29) is 34.2 Å². The minimum atomic E-state index is 0.172. The lowest BCUT2D eigenvalue weighted by molar-refractivity contribution is 1.36. The Bertz CT molecular complexity index is 8630. The number of hydrogen-bond donors (Lipinski definition) is 0. The van der Waals surface area contributed by atoms with Gasteiger partial charge in [0.2, 0.25) is 0 Å². The van der Waals surface area contributed by atoms with E-state index >= 15 is 0 Å². The maximum Gasteiger partial charge on any atom is 0.329 e. The number of fused-ring (bicyclic) bond motifs is 45. The fraction of sp³-hybridized carbons (Fsp3) is 0. The van der Waals surface area contributed by atoms with E-state index < -0.39 is 0 Å². The van der Waals surface area contributed by atoms with E-state index in [1.54, 1.807) is 0 Å². The average Bonchev–Trinajstić information content (AvgIpc) is 0.712. The van der Waals surface area contributed by atoms with Crippen molar-refractivity contribution < 1.29 is 0 Å². The largest absolute Gasteiger partial charge is 0.383 e. The van der Waals surface area contributed by atoms with Gasteiger partial charge in [0.25, 0.3) is 0 Å². The maximum absolute atomic E-state index is 2.58. The fourth-order valence-electron chi connectivity index (χ4n) is 24.2. The Balaban J connectivity index is 0.0000000836. The SMILES string of the molecule is C1=CN2B(c3ccccc31)c1ccc3ccccc3c1-c1ccccc12.C1=CN2B(c3ccccc31)c1cccc3ccc4cccc2c4c13.C1=Cc2ccccc2N2B1c1cccc3ccc4cccc2c4c13.c1ccc2c(c1)B1c3ccccc3-c3cc4ccccc4cc3N1c1ccccc1-2.c1ccc2c(c1)B1c3ccccc3-c3ccc4ccccc4c3N1c1ccccc1-2. The van der Waals surface area contributed by atoms with Crippen molar-refractivity contribution in [1.82, 2.24) is 0 Å².